The minimum atomic E-state index is -3.56. The maximum atomic E-state index is 15.7. The maximum Gasteiger partial charge on any atom is 1.00 e. The standard InChI is InChI=1S/C41H38ClF4N5O6S.C15H18N2O4S2.C13H14F2N2O4.C12H12F2N2O4.Na/c1-6-57-39(53)36-33-29-18-30(29)41(45,46)38(33)51(49-36)19-26(52)16-22(13-21-14-23(43)17-24(44)15-21)35-27(8-7-25(47-35)11-12-40(2,3)54)28-9-10-31(42)34-32(20-58(5,55)56)48-50(4)37(28)34;1-3-21-14(19)12-11-8-6-9(8)15(22-4-5-23-15)13(11)17(16-12)7-10(18)20-2;1-3-21-12(19)10-9-6-4-7(6)13(14,15)11(9)17(16-10)5-8(18)20-2;1-2-20-11(19)9-8-5-3-6(5)12(13,14)10(8)16(15-9)4-7(17)18;/h7-10,14-15,17,22,29-30,54H,6,13,16,18-20H2,1-5H3;8-9H,3-7H2,1-2H3;6-7H,3-5H2,1-2H3;5-6H,2-4H2,1H3,(H,17,18);/q;;;;+1/p-1/t22-,29+,30-;8-,9+;6-,7+;5-,6+;/m1000./s1. The van der Waals surface area contributed by atoms with Crippen molar-refractivity contribution in [1.82, 2.24) is 53.9 Å². The third-order valence-corrected chi connectivity index (χ3v) is 27.1. The first kappa shape index (κ1) is 91.5. The zero-order valence-electron chi connectivity index (χ0n) is 68.2. The Kier molecular flexibility index (Phi) is 25.7. The number of carbonyl (C=O) groups is 8. The summed E-state index contributed by atoms with van der Waals surface area (Å²) in [6.07, 6.45) is 2.36. The number of methoxy groups -OCH3 is 2. The van der Waals surface area contributed by atoms with Crippen molar-refractivity contribution in [2.24, 2.45) is 30.7 Å². The van der Waals surface area contributed by atoms with Crippen molar-refractivity contribution in [1.29, 1.82) is 0 Å². The van der Waals surface area contributed by atoms with Crippen molar-refractivity contribution in [2.45, 2.75) is 169 Å². The summed E-state index contributed by atoms with van der Waals surface area (Å²) in [5.41, 5.74) is 1.56. The molecule has 1 spiro atoms. The van der Waals surface area contributed by atoms with Crippen LogP contribution in [0.1, 0.15) is 213 Å². The quantitative estimate of drug-likeness (QED) is 0.0204. The Bertz CT molecular complexity index is 5830. The van der Waals surface area contributed by atoms with Crippen LogP contribution in [0.2, 0.25) is 5.02 Å². The molecular formula is C81H81ClF8N11NaO18S3. The van der Waals surface area contributed by atoms with E-state index < -0.39 is 159 Å². The fraction of sp³-hybridized carbons (Fsp3) is 0.506. The molecule has 1 N–H and O–H groups in total. The number of pyridine rings is 1. The third-order valence-electron chi connectivity index (χ3n) is 22.4. The number of thioether (sulfide) groups is 2. The van der Waals surface area contributed by atoms with Crippen LogP contribution in [-0.2, 0) is 125 Å². The molecule has 9 atom stereocenters. The van der Waals surface area contributed by atoms with Crippen LogP contribution in [0.4, 0.5) is 35.1 Å². The minimum Gasteiger partial charge on any atom is -0.548 e. The van der Waals surface area contributed by atoms with Crippen LogP contribution in [0.25, 0.3) is 22.0 Å². The van der Waals surface area contributed by atoms with Gasteiger partial charge in [0.15, 0.2) is 38.4 Å². The van der Waals surface area contributed by atoms with Crippen LogP contribution < -0.4 is 34.7 Å². The Morgan fingerprint density at radius 2 is 1.02 bits per heavy atom. The fourth-order valence-electron chi connectivity index (χ4n) is 17.4. The molecule has 0 unspecified atom stereocenters. The normalized spacial score (nSPS) is 21.2. The van der Waals surface area contributed by atoms with Gasteiger partial charge in [-0.15, -0.1) is 23.5 Å². The van der Waals surface area contributed by atoms with Crippen molar-refractivity contribution in [3.8, 4) is 23.0 Å². The molecule has 2 aromatic carbocycles. The first-order valence-electron chi connectivity index (χ1n) is 39.0. The van der Waals surface area contributed by atoms with Crippen LogP contribution >= 0.6 is 35.1 Å². The van der Waals surface area contributed by atoms with E-state index >= 15 is 8.78 Å². The third kappa shape index (κ3) is 17.5. The molecule has 5 fully saturated rings. The number of esters is 6. The number of halogens is 9. The molecule has 17 rings (SSSR count). The van der Waals surface area contributed by atoms with Gasteiger partial charge in [0.1, 0.15) is 63.7 Å². The van der Waals surface area contributed by atoms with Crippen molar-refractivity contribution >= 4 is 103 Å². The van der Waals surface area contributed by atoms with Crippen molar-refractivity contribution in [3.63, 3.8) is 0 Å². The number of rotatable bonds is 24. The first-order chi connectivity index (χ1) is 57.6. The van der Waals surface area contributed by atoms with E-state index in [1.165, 1.54) is 25.6 Å². The van der Waals surface area contributed by atoms with E-state index in [0.29, 0.717) is 63.3 Å². The summed E-state index contributed by atoms with van der Waals surface area (Å²) in [6.45, 7) is 8.15. The van der Waals surface area contributed by atoms with E-state index in [4.69, 9.17) is 40.3 Å². The smallest absolute Gasteiger partial charge is 0.548 e. The number of carboxylic acid groups (broad SMARTS) is 1. The van der Waals surface area contributed by atoms with Gasteiger partial charge in [0.2, 0.25) is 0 Å². The van der Waals surface area contributed by atoms with Crippen molar-refractivity contribution in [2.75, 3.05) is 58.4 Å². The Morgan fingerprint density at radius 3 is 1.44 bits per heavy atom. The van der Waals surface area contributed by atoms with Gasteiger partial charge in [-0.2, -0.15) is 51.8 Å². The number of Topliss-reactive ketones (excluding diaryl/α,β-unsaturated/α-hetero) is 1. The number of aromatic nitrogens is 11. The maximum absolute atomic E-state index is 15.7. The monoisotopic (exact) mass is 1800 g/mol. The zero-order valence-corrected chi connectivity index (χ0v) is 73.4. The summed E-state index contributed by atoms with van der Waals surface area (Å²) in [4.78, 5) is 102. The number of hydrogen-bond acceptors (Lipinski definition) is 26. The van der Waals surface area contributed by atoms with Gasteiger partial charge in [0, 0.05) is 99.7 Å². The Labute approximate surface area is 733 Å². The van der Waals surface area contributed by atoms with Gasteiger partial charge in [-0.05, 0) is 145 Å². The van der Waals surface area contributed by atoms with Crippen molar-refractivity contribution < 1.29 is 150 Å². The average Bonchev–Trinajstić information content (AvgIpc) is 1.53. The first-order valence-corrected chi connectivity index (χ1v) is 43.4. The van der Waals surface area contributed by atoms with E-state index in [2.05, 4.69) is 42.1 Å². The molecular weight excluding hydrogens is 1720 g/mol. The summed E-state index contributed by atoms with van der Waals surface area (Å²) in [5, 5.41) is 42.3. The molecule has 0 bridgehead atoms. The van der Waals surface area contributed by atoms with Crippen molar-refractivity contribution in [3.05, 3.63) is 150 Å². The van der Waals surface area contributed by atoms with Crippen LogP contribution in [0.5, 0.6) is 0 Å². The molecule has 4 saturated carbocycles. The van der Waals surface area contributed by atoms with Gasteiger partial charge >= 0.3 is 65.4 Å². The second kappa shape index (κ2) is 34.6. The molecule has 650 valence electrons. The predicted molar refractivity (Wildman–Crippen MR) is 417 cm³/mol. The number of nitrogens with zero attached hydrogens (tertiary/aromatic N) is 11. The second-order valence-corrected chi connectivity index (χ2v) is 36.8. The van der Waals surface area contributed by atoms with Crippen LogP contribution in [0, 0.1) is 47.1 Å². The summed E-state index contributed by atoms with van der Waals surface area (Å²) in [7, 11) is 0.576. The summed E-state index contributed by atoms with van der Waals surface area (Å²) >= 11 is 10.5. The molecule has 9 aliphatic rings. The number of hydrogen-bond donors (Lipinski definition) is 1. The van der Waals surface area contributed by atoms with Crippen LogP contribution in [-0.4, -0.2) is 179 Å². The Hall–Kier alpha value is -9.24. The number of ether oxygens (including phenoxy) is 6. The largest absolute Gasteiger partial charge is 1.00 e. The van der Waals surface area contributed by atoms with E-state index in [-0.39, 0.29) is 164 Å². The number of aliphatic hydroxyl groups is 1. The van der Waals surface area contributed by atoms with Gasteiger partial charge < -0.3 is 43.4 Å². The Balaban J connectivity index is 0.000000162. The molecule has 8 aromatic rings. The summed E-state index contributed by atoms with van der Waals surface area (Å²) < 4.78 is 177. The molecule has 7 heterocycles. The molecule has 0 amide bonds. The molecule has 8 aliphatic carbocycles. The molecule has 6 aromatic heterocycles. The number of carboxylic acids is 1. The predicted octanol–water partition coefficient (Wildman–Crippen LogP) is 7.25. The van der Waals surface area contributed by atoms with Gasteiger partial charge in [0.25, 0.3) is 17.8 Å². The van der Waals surface area contributed by atoms with Crippen LogP contribution in [0.15, 0.2) is 42.5 Å². The Morgan fingerprint density at radius 1 is 0.610 bits per heavy atom. The number of aliphatic carboxylic acids is 1. The average molecular weight is 1800 g/mol. The number of aryl methyl sites for hydroxylation is 1. The van der Waals surface area contributed by atoms with Gasteiger partial charge in [-0.1, -0.05) is 23.6 Å². The zero-order chi connectivity index (χ0) is 88.3. The van der Waals surface area contributed by atoms with Gasteiger partial charge in [-0.3, -0.25) is 37.8 Å². The molecule has 1 saturated heterocycles. The van der Waals surface area contributed by atoms with Gasteiger partial charge in [-0.25, -0.2) is 41.4 Å². The van der Waals surface area contributed by atoms with E-state index in [1.54, 1.807) is 63.7 Å². The summed E-state index contributed by atoms with van der Waals surface area (Å²) in [5.74, 6) is -14.2. The molecule has 29 nitrogen and oxygen atoms in total. The van der Waals surface area contributed by atoms with E-state index in [1.807, 2.05) is 23.5 Å². The topological polar surface area (TPSA) is 371 Å². The number of alkyl halides is 6. The number of sulfone groups is 1. The van der Waals surface area contributed by atoms with E-state index in [9.17, 15) is 83.3 Å². The number of ketones is 1. The van der Waals surface area contributed by atoms with Crippen LogP contribution in [0.3, 0.4) is 0 Å². The number of fused-ring (bicyclic) bond motifs is 15. The van der Waals surface area contributed by atoms with Gasteiger partial charge in [0.05, 0.1) is 86.5 Å². The minimum absolute atomic E-state index is 0. The molecule has 1 aliphatic heterocycles. The van der Waals surface area contributed by atoms with E-state index in [0.717, 1.165) is 64.0 Å². The summed E-state index contributed by atoms with van der Waals surface area (Å²) in [6, 6.07) is 9.37. The number of carbonyl (C=O) groups excluding carboxylic acids is 8. The molecule has 0 radical (unpaired) electrons. The number of benzene rings is 2. The molecule has 42 heteroatoms. The second-order valence-electron chi connectivity index (χ2n) is 31.3. The fourth-order valence-corrected chi connectivity index (χ4v) is 22.1. The SMILES string of the molecule is CCOC(=O)c1nn(CC(=O)C[C@@H](Cc2cc(F)cc(F)c2)c2nc(C#CC(C)(C)O)ccc2-c2ccc(Cl)c3c(CS(C)(=O)=O)nn(C)c23)c2c1[C@H]1C[C@H]1C2(F)F.CCOC(=O)c1nn(CC(=O)OC)c2c1[C@H]1C[C@H]1C2(F)F.CCOC(=O)c1nn(CC(=O)OC)c2c1[C@H]1C[C@H]1C21SCCS1.CCOC(=O)c1nn(CC(=O)[O-])c2c1[C@H]1C[C@H]1C2(F)F.[Na+]. The molecule has 123 heavy (non-hydrogen) atoms.